The van der Waals surface area contributed by atoms with Gasteiger partial charge in [-0.2, -0.15) is 0 Å². The molecule has 1 aliphatic heterocycles. The van der Waals surface area contributed by atoms with Gasteiger partial charge in [0.1, 0.15) is 5.82 Å². The molecule has 0 aliphatic carbocycles. The third-order valence-electron chi connectivity index (χ3n) is 3.08. The lowest BCUT2D eigenvalue weighted by molar-refractivity contribution is 0.312. The number of rotatable bonds is 4. The van der Waals surface area contributed by atoms with E-state index in [1.165, 1.54) is 0 Å². The number of aromatic nitrogens is 2. The van der Waals surface area contributed by atoms with E-state index in [9.17, 15) is 0 Å². The van der Waals surface area contributed by atoms with E-state index in [0.29, 0.717) is 0 Å². The molecule has 0 unspecified atom stereocenters. The van der Waals surface area contributed by atoms with Crippen LogP contribution < -0.4 is 10.2 Å². The molecule has 5 heteroatoms. The third kappa shape index (κ3) is 3.38. The standard InChI is InChI=1S/C12H21N5/c1-3-13-8-11-9-15-12(10-14-11)17-6-4-16(2)5-7-17/h9-10,13H,3-8H2,1-2H3. The van der Waals surface area contributed by atoms with Crippen molar-refractivity contribution < 1.29 is 0 Å². The van der Waals surface area contributed by atoms with Crippen LogP contribution in [-0.4, -0.2) is 54.6 Å². The molecular weight excluding hydrogens is 214 g/mol. The molecule has 0 atom stereocenters. The first kappa shape index (κ1) is 12.3. The van der Waals surface area contributed by atoms with Crippen molar-refractivity contribution in [1.82, 2.24) is 20.2 Å². The highest BCUT2D eigenvalue weighted by Crippen LogP contribution is 2.11. The third-order valence-corrected chi connectivity index (χ3v) is 3.08. The van der Waals surface area contributed by atoms with Crippen LogP contribution >= 0.6 is 0 Å². The van der Waals surface area contributed by atoms with Crippen LogP contribution in [0.2, 0.25) is 0 Å². The Kier molecular flexibility index (Phi) is 4.28. The maximum atomic E-state index is 4.49. The van der Waals surface area contributed by atoms with Crippen LogP contribution in [-0.2, 0) is 6.54 Å². The van der Waals surface area contributed by atoms with E-state index in [4.69, 9.17) is 0 Å². The maximum absolute atomic E-state index is 4.49. The molecule has 2 heterocycles. The first-order valence-corrected chi connectivity index (χ1v) is 6.24. The molecule has 0 radical (unpaired) electrons. The molecule has 1 aliphatic rings. The van der Waals surface area contributed by atoms with Crippen LogP contribution in [0.3, 0.4) is 0 Å². The summed E-state index contributed by atoms with van der Waals surface area (Å²) < 4.78 is 0. The van der Waals surface area contributed by atoms with Crippen LogP contribution in [0, 0.1) is 0 Å². The van der Waals surface area contributed by atoms with E-state index in [1.807, 2.05) is 12.4 Å². The lowest BCUT2D eigenvalue weighted by atomic mass is 10.3. The number of piperazine rings is 1. The molecule has 0 bridgehead atoms. The second kappa shape index (κ2) is 5.93. The molecule has 1 aromatic rings. The Morgan fingerprint density at radius 2 is 1.94 bits per heavy atom. The highest BCUT2D eigenvalue weighted by Gasteiger charge is 2.15. The molecule has 0 amide bonds. The first-order valence-electron chi connectivity index (χ1n) is 6.24. The molecule has 1 aromatic heterocycles. The second-order valence-corrected chi connectivity index (χ2v) is 4.44. The summed E-state index contributed by atoms with van der Waals surface area (Å²) in [4.78, 5) is 13.5. The fourth-order valence-corrected chi connectivity index (χ4v) is 1.89. The van der Waals surface area contributed by atoms with Crippen LogP contribution in [0.1, 0.15) is 12.6 Å². The van der Waals surface area contributed by atoms with Crippen LogP contribution in [0.25, 0.3) is 0 Å². The number of nitrogens with one attached hydrogen (secondary N) is 1. The van der Waals surface area contributed by atoms with Crippen LogP contribution in [0.4, 0.5) is 5.82 Å². The largest absolute Gasteiger partial charge is 0.353 e. The van der Waals surface area contributed by atoms with Gasteiger partial charge in [-0.25, -0.2) is 4.98 Å². The van der Waals surface area contributed by atoms with Gasteiger partial charge in [0.05, 0.1) is 18.1 Å². The Morgan fingerprint density at radius 3 is 2.53 bits per heavy atom. The van der Waals surface area contributed by atoms with Gasteiger partial charge in [0, 0.05) is 32.7 Å². The monoisotopic (exact) mass is 235 g/mol. The van der Waals surface area contributed by atoms with Crippen LogP contribution in [0.15, 0.2) is 12.4 Å². The van der Waals surface area contributed by atoms with Gasteiger partial charge in [-0.3, -0.25) is 4.98 Å². The zero-order chi connectivity index (χ0) is 12.1. The maximum Gasteiger partial charge on any atom is 0.147 e. The molecule has 17 heavy (non-hydrogen) atoms. The van der Waals surface area contributed by atoms with Crippen molar-refractivity contribution in [2.24, 2.45) is 0 Å². The highest BCUT2D eigenvalue weighted by molar-refractivity contribution is 5.36. The Balaban J connectivity index is 1.93. The summed E-state index contributed by atoms with van der Waals surface area (Å²) in [5, 5.41) is 3.25. The van der Waals surface area contributed by atoms with E-state index in [2.05, 4.69) is 39.1 Å². The van der Waals surface area contributed by atoms with Crippen molar-refractivity contribution in [1.29, 1.82) is 0 Å². The average Bonchev–Trinajstić information content (AvgIpc) is 2.38. The summed E-state index contributed by atoms with van der Waals surface area (Å²) in [6.45, 7) is 8.12. The minimum absolute atomic E-state index is 0.798. The number of nitrogens with zero attached hydrogens (tertiary/aromatic N) is 4. The fraction of sp³-hybridized carbons (Fsp3) is 0.667. The molecule has 0 spiro atoms. The van der Waals surface area contributed by atoms with E-state index in [-0.39, 0.29) is 0 Å². The molecule has 1 saturated heterocycles. The molecule has 2 rings (SSSR count). The van der Waals surface area contributed by atoms with E-state index < -0.39 is 0 Å². The van der Waals surface area contributed by atoms with Gasteiger partial charge in [-0.15, -0.1) is 0 Å². The quantitative estimate of drug-likeness (QED) is 0.815. The van der Waals surface area contributed by atoms with E-state index in [0.717, 1.165) is 50.8 Å². The SMILES string of the molecule is CCNCc1cnc(N2CCN(C)CC2)cn1. The van der Waals surface area contributed by atoms with Crippen molar-refractivity contribution in [2.75, 3.05) is 44.7 Å². The van der Waals surface area contributed by atoms with Gasteiger partial charge < -0.3 is 15.1 Å². The smallest absolute Gasteiger partial charge is 0.147 e. The van der Waals surface area contributed by atoms with Gasteiger partial charge in [-0.05, 0) is 13.6 Å². The predicted octanol–water partition coefficient (Wildman–Crippen LogP) is 0.338. The van der Waals surface area contributed by atoms with E-state index >= 15 is 0 Å². The Hall–Kier alpha value is -1.20. The van der Waals surface area contributed by atoms with Crippen LogP contribution in [0.5, 0.6) is 0 Å². The summed E-state index contributed by atoms with van der Waals surface area (Å²) in [7, 11) is 2.16. The predicted molar refractivity (Wildman–Crippen MR) is 69.1 cm³/mol. The summed E-state index contributed by atoms with van der Waals surface area (Å²) in [6, 6.07) is 0. The van der Waals surface area contributed by atoms with Gasteiger partial charge >= 0.3 is 0 Å². The second-order valence-electron chi connectivity index (χ2n) is 4.44. The number of hydrogen-bond donors (Lipinski definition) is 1. The zero-order valence-electron chi connectivity index (χ0n) is 10.7. The Bertz CT molecular complexity index is 329. The number of hydrogen-bond acceptors (Lipinski definition) is 5. The molecule has 0 saturated carbocycles. The molecule has 0 aromatic carbocycles. The van der Waals surface area contributed by atoms with Gasteiger partial charge in [0.15, 0.2) is 0 Å². The molecular formula is C12H21N5. The average molecular weight is 235 g/mol. The van der Waals surface area contributed by atoms with Crippen molar-refractivity contribution in [2.45, 2.75) is 13.5 Å². The molecule has 5 nitrogen and oxygen atoms in total. The van der Waals surface area contributed by atoms with Crippen molar-refractivity contribution >= 4 is 5.82 Å². The lowest BCUT2D eigenvalue weighted by Gasteiger charge is -2.32. The first-order chi connectivity index (χ1) is 8.29. The minimum Gasteiger partial charge on any atom is -0.353 e. The molecule has 1 fully saturated rings. The van der Waals surface area contributed by atoms with Crippen molar-refractivity contribution in [3.8, 4) is 0 Å². The summed E-state index contributed by atoms with van der Waals surface area (Å²) in [5.41, 5.74) is 1.00. The minimum atomic E-state index is 0.798. The van der Waals surface area contributed by atoms with E-state index in [1.54, 1.807) is 0 Å². The summed E-state index contributed by atoms with van der Waals surface area (Å²) in [6.07, 6.45) is 3.76. The van der Waals surface area contributed by atoms with Crippen molar-refractivity contribution in [3.63, 3.8) is 0 Å². The summed E-state index contributed by atoms with van der Waals surface area (Å²) >= 11 is 0. The molecule has 94 valence electrons. The van der Waals surface area contributed by atoms with Gasteiger partial charge in [-0.1, -0.05) is 6.92 Å². The van der Waals surface area contributed by atoms with Crippen molar-refractivity contribution in [3.05, 3.63) is 18.1 Å². The zero-order valence-corrected chi connectivity index (χ0v) is 10.7. The van der Waals surface area contributed by atoms with Gasteiger partial charge in [0.25, 0.3) is 0 Å². The fourth-order valence-electron chi connectivity index (χ4n) is 1.89. The highest BCUT2D eigenvalue weighted by atomic mass is 15.3. The number of anilines is 1. The van der Waals surface area contributed by atoms with Gasteiger partial charge in [0.2, 0.25) is 0 Å². The Morgan fingerprint density at radius 1 is 1.18 bits per heavy atom. The number of likely N-dealkylation sites (N-methyl/N-ethyl adjacent to an activating group) is 1. The lowest BCUT2D eigenvalue weighted by Crippen LogP contribution is -2.44. The molecule has 1 N–H and O–H groups in total. The normalized spacial score (nSPS) is 17.4. The Labute approximate surface area is 103 Å². The summed E-state index contributed by atoms with van der Waals surface area (Å²) in [5.74, 6) is 0.998. The topological polar surface area (TPSA) is 44.3 Å².